The second kappa shape index (κ2) is 8.11. The summed E-state index contributed by atoms with van der Waals surface area (Å²) in [6, 6.07) is 9.57. The van der Waals surface area contributed by atoms with Gasteiger partial charge in [0.1, 0.15) is 17.4 Å². The van der Waals surface area contributed by atoms with E-state index in [1.807, 2.05) is 35.7 Å². The number of primary amides is 1. The van der Waals surface area contributed by atoms with Gasteiger partial charge < -0.3 is 15.4 Å². The van der Waals surface area contributed by atoms with Crippen molar-refractivity contribution in [3.8, 4) is 5.75 Å². The Kier molecular flexibility index (Phi) is 5.65. The Morgan fingerprint density at radius 3 is 2.64 bits per heavy atom. The maximum atomic E-state index is 12.4. The molecule has 0 spiro atoms. The number of aromatic nitrogens is 1. The number of piperidine rings is 1. The topological polar surface area (TPSA) is 85.5 Å². The van der Waals surface area contributed by atoms with Crippen LogP contribution in [-0.4, -0.2) is 34.8 Å². The van der Waals surface area contributed by atoms with Gasteiger partial charge in [-0.3, -0.25) is 9.59 Å². The number of carbonyl (C=O) groups is 2. The number of nitrogens with two attached hydrogens (primary N) is 1. The molecule has 1 fully saturated rings. The molecule has 0 radical (unpaired) electrons. The van der Waals surface area contributed by atoms with Gasteiger partial charge >= 0.3 is 0 Å². The summed E-state index contributed by atoms with van der Waals surface area (Å²) in [7, 11) is 0. The van der Waals surface area contributed by atoms with Crippen molar-refractivity contribution in [2.24, 2.45) is 11.7 Å². The Hall–Kier alpha value is -2.41. The molecule has 0 saturated carbocycles. The quantitative estimate of drug-likeness (QED) is 0.855. The third-order valence-electron chi connectivity index (χ3n) is 4.29. The monoisotopic (exact) mass is 359 g/mol. The summed E-state index contributed by atoms with van der Waals surface area (Å²) in [5, 5.41) is 2.75. The van der Waals surface area contributed by atoms with Crippen LogP contribution in [0.15, 0.2) is 35.7 Å². The van der Waals surface area contributed by atoms with Crippen molar-refractivity contribution >= 4 is 23.2 Å². The van der Waals surface area contributed by atoms with Crippen LogP contribution in [0.25, 0.3) is 0 Å². The number of carbonyl (C=O) groups excluding carboxylic acids is 2. The fourth-order valence-corrected chi connectivity index (χ4v) is 3.54. The summed E-state index contributed by atoms with van der Waals surface area (Å²) in [5.74, 6) is 0.469. The Morgan fingerprint density at radius 2 is 1.96 bits per heavy atom. The molecule has 6 nitrogen and oxygen atoms in total. The van der Waals surface area contributed by atoms with E-state index in [0.29, 0.717) is 32.5 Å². The smallest absolute Gasteiger partial charge is 0.228 e. The van der Waals surface area contributed by atoms with E-state index in [1.54, 1.807) is 4.90 Å². The zero-order valence-corrected chi connectivity index (χ0v) is 14.7. The molecule has 0 unspecified atom stereocenters. The van der Waals surface area contributed by atoms with Gasteiger partial charge in [-0.1, -0.05) is 18.2 Å². The minimum atomic E-state index is -0.269. The van der Waals surface area contributed by atoms with E-state index < -0.39 is 0 Å². The molecular weight excluding hydrogens is 338 g/mol. The van der Waals surface area contributed by atoms with Crippen LogP contribution >= 0.6 is 11.3 Å². The molecular formula is C18H21N3O3S. The van der Waals surface area contributed by atoms with Crippen LogP contribution in [0.2, 0.25) is 0 Å². The van der Waals surface area contributed by atoms with Crippen LogP contribution < -0.4 is 10.5 Å². The first kappa shape index (κ1) is 17.4. The third-order valence-corrected chi connectivity index (χ3v) is 5.16. The normalized spacial score (nSPS) is 15.1. The molecule has 2 N–H and O–H groups in total. The Labute approximate surface area is 150 Å². The highest BCUT2D eigenvalue weighted by atomic mass is 32.1. The SMILES string of the molecule is NC(=O)C1CCN(C(=O)Cc2csc(COc3ccccc3)n2)CC1. The molecule has 1 saturated heterocycles. The summed E-state index contributed by atoms with van der Waals surface area (Å²) < 4.78 is 5.67. The van der Waals surface area contributed by atoms with Gasteiger partial charge in [-0.25, -0.2) is 4.98 Å². The van der Waals surface area contributed by atoms with Crippen LogP contribution in [0.4, 0.5) is 0 Å². The molecule has 25 heavy (non-hydrogen) atoms. The second-order valence-corrected chi connectivity index (χ2v) is 7.01. The molecule has 1 aromatic carbocycles. The number of nitrogens with zero attached hydrogens (tertiary/aromatic N) is 2. The number of para-hydroxylation sites is 1. The highest BCUT2D eigenvalue weighted by Crippen LogP contribution is 2.19. The zero-order chi connectivity index (χ0) is 17.6. The van der Waals surface area contributed by atoms with E-state index in [-0.39, 0.29) is 24.2 Å². The fourth-order valence-electron chi connectivity index (χ4n) is 2.84. The lowest BCUT2D eigenvalue weighted by molar-refractivity contribution is -0.134. The summed E-state index contributed by atoms with van der Waals surface area (Å²) in [6.07, 6.45) is 1.58. The predicted molar refractivity (Wildman–Crippen MR) is 95.1 cm³/mol. The Morgan fingerprint density at radius 1 is 1.24 bits per heavy atom. The molecule has 132 valence electrons. The van der Waals surface area contributed by atoms with Crippen LogP contribution in [-0.2, 0) is 22.6 Å². The number of hydrogen-bond donors (Lipinski definition) is 1. The van der Waals surface area contributed by atoms with Gasteiger partial charge in [-0.15, -0.1) is 11.3 Å². The minimum Gasteiger partial charge on any atom is -0.486 e. The van der Waals surface area contributed by atoms with E-state index in [9.17, 15) is 9.59 Å². The molecule has 2 heterocycles. The maximum absolute atomic E-state index is 12.4. The van der Waals surface area contributed by atoms with Crippen LogP contribution in [0.5, 0.6) is 5.75 Å². The lowest BCUT2D eigenvalue weighted by atomic mass is 9.96. The number of benzene rings is 1. The molecule has 0 aliphatic carbocycles. The van der Waals surface area contributed by atoms with Crippen molar-refractivity contribution in [1.29, 1.82) is 0 Å². The van der Waals surface area contributed by atoms with Crippen LogP contribution in [0.1, 0.15) is 23.5 Å². The van der Waals surface area contributed by atoms with Crippen molar-refractivity contribution in [2.45, 2.75) is 25.9 Å². The average molecular weight is 359 g/mol. The van der Waals surface area contributed by atoms with E-state index in [2.05, 4.69) is 4.98 Å². The van der Waals surface area contributed by atoms with Gasteiger partial charge in [0.15, 0.2) is 0 Å². The summed E-state index contributed by atoms with van der Waals surface area (Å²) in [6.45, 7) is 1.56. The third kappa shape index (κ3) is 4.79. The summed E-state index contributed by atoms with van der Waals surface area (Å²) >= 11 is 1.49. The number of hydrogen-bond acceptors (Lipinski definition) is 5. The number of thiazole rings is 1. The van der Waals surface area contributed by atoms with Gasteiger partial charge in [0.2, 0.25) is 11.8 Å². The largest absolute Gasteiger partial charge is 0.486 e. The zero-order valence-electron chi connectivity index (χ0n) is 13.9. The van der Waals surface area contributed by atoms with E-state index in [4.69, 9.17) is 10.5 Å². The van der Waals surface area contributed by atoms with Crippen molar-refractivity contribution < 1.29 is 14.3 Å². The van der Waals surface area contributed by atoms with Crippen molar-refractivity contribution in [3.05, 3.63) is 46.4 Å². The molecule has 7 heteroatoms. The van der Waals surface area contributed by atoms with Crippen molar-refractivity contribution in [1.82, 2.24) is 9.88 Å². The molecule has 1 aliphatic heterocycles. The first-order chi connectivity index (χ1) is 12.1. The summed E-state index contributed by atoms with van der Waals surface area (Å²) in [5.41, 5.74) is 6.09. The highest BCUT2D eigenvalue weighted by molar-refractivity contribution is 7.09. The Balaban J connectivity index is 1.48. The van der Waals surface area contributed by atoms with Crippen LogP contribution in [0, 0.1) is 5.92 Å². The number of rotatable bonds is 6. The van der Waals surface area contributed by atoms with Gasteiger partial charge in [-0.2, -0.15) is 0 Å². The predicted octanol–water partition coefficient (Wildman–Crippen LogP) is 1.99. The van der Waals surface area contributed by atoms with Crippen molar-refractivity contribution in [3.63, 3.8) is 0 Å². The molecule has 0 bridgehead atoms. The van der Waals surface area contributed by atoms with Gasteiger partial charge in [0.05, 0.1) is 12.1 Å². The van der Waals surface area contributed by atoms with Gasteiger partial charge in [-0.05, 0) is 25.0 Å². The first-order valence-electron chi connectivity index (χ1n) is 8.30. The van der Waals surface area contributed by atoms with E-state index in [0.717, 1.165) is 16.5 Å². The first-order valence-corrected chi connectivity index (χ1v) is 9.18. The number of amides is 2. The number of ether oxygens (including phenoxy) is 1. The molecule has 3 rings (SSSR count). The van der Waals surface area contributed by atoms with E-state index in [1.165, 1.54) is 11.3 Å². The number of likely N-dealkylation sites (tertiary alicyclic amines) is 1. The lowest BCUT2D eigenvalue weighted by Crippen LogP contribution is -2.42. The molecule has 2 amide bonds. The van der Waals surface area contributed by atoms with Gasteiger partial charge in [0.25, 0.3) is 0 Å². The van der Waals surface area contributed by atoms with Crippen molar-refractivity contribution in [2.75, 3.05) is 13.1 Å². The lowest BCUT2D eigenvalue weighted by Gasteiger charge is -2.30. The van der Waals surface area contributed by atoms with E-state index >= 15 is 0 Å². The van der Waals surface area contributed by atoms with Crippen LogP contribution in [0.3, 0.4) is 0 Å². The molecule has 2 aromatic rings. The molecule has 1 aliphatic rings. The maximum Gasteiger partial charge on any atom is 0.228 e. The fraction of sp³-hybridized carbons (Fsp3) is 0.389. The average Bonchev–Trinajstić information content (AvgIpc) is 3.08. The second-order valence-electron chi connectivity index (χ2n) is 6.07. The standard InChI is InChI=1S/C18H21N3O3S/c19-18(23)13-6-8-21(9-7-13)17(22)10-14-12-25-16(20-14)11-24-15-4-2-1-3-5-15/h1-5,12-13H,6-11H2,(H2,19,23). The molecule has 1 aromatic heterocycles. The van der Waals surface area contributed by atoms with Gasteiger partial charge in [0, 0.05) is 24.4 Å². The summed E-state index contributed by atoms with van der Waals surface area (Å²) in [4.78, 5) is 29.8. The minimum absolute atomic E-state index is 0.0451. The molecule has 0 atom stereocenters. The Bertz CT molecular complexity index is 724. The highest BCUT2D eigenvalue weighted by Gasteiger charge is 2.26.